The van der Waals surface area contributed by atoms with Crippen molar-refractivity contribution in [2.75, 3.05) is 0 Å². The van der Waals surface area contributed by atoms with Crippen molar-refractivity contribution >= 4 is 11.8 Å². The molecule has 3 aliphatic rings. The maximum absolute atomic E-state index is 12.4. The van der Waals surface area contributed by atoms with E-state index in [1.165, 1.54) is 4.90 Å². The molecule has 4 nitrogen and oxygen atoms in total. The summed E-state index contributed by atoms with van der Waals surface area (Å²) in [4.78, 5) is 26.2. The molecule has 94 valence electrons. The molecule has 0 aromatic rings. The average molecular weight is 244 g/mol. The summed E-state index contributed by atoms with van der Waals surface area (Å²) in [5, 5.41) is 9.43. The van der Waals surface area contributed by atoms with Gasteiger partial charge in [-0.15, -0.1) is 0 Å². The van der Waals surface area contributed by atoms with Crippen molar-refractivity contribution in [3.63, 3.8) is 0 Å². The summed E-state index contributed by atoms with van der Waals surface area (Å²) in [7, 11) is 0. The predicted octanol–water partition coefficient (Wildman–Crippen LogP) is 1.77. The number of amides is 2. The lowest BCUT2D eigenvalue weighted by atomic mass is 9.85. The van der Waals surface area contributed by atoms with Crippen LogP contribution in [-0.4, -0.2) is 22.3 Å². The molecule has 0 aromatic heterocycles. The molecular weight excluding hydrogens is 228 g/mol. The number of likely N-dealkylation sites (tertiary alicyclic amines) is 1. The first-order chi connectivity index (χ1) is 8.69. The minimum atomic E-state index is -0.842. The summed E-state index contributed by atoms with van der Waals surface area (Å²) in [6.45, 7) is 0. The lowest BCUT2D eigenvalue weighted by Crippen LogP contribution is -2.49. The first-order valence-electron chi connectivity index (χ1n) is 6.64. The zero-order chi connectivity index (χ0) is 12.8. The molecule has 1 saturated heterocycles. The third-order valence-electron chi connectivity index (χ3n) is 4.57. The van der Waals surface area contributed by atoms with E-state index in [9.17, 15) is 14.9 Å². The van der Waals surface area contributed by atoms with Gasteiger partial charge in [0.2, 0.25) is 11.8 Å². The van der Waals surface area contributed by atoms with E-state index in [4.69, 9.17) is 0 Å². The van der Waals surface area contributed by atoms with Gasteiger partial charge in [0.25, 0.3) is 0 Å². The largest absolute Gasteiger partial charge is 0.274 e. The zero-order valence-corrected chi connectivity index (χ0v) is 10.3. The minimum absolute atomic E-state index is 0.113. The molecule has 2 atom stereocenters. The molecule has 1 aliphatic heterocycles. The van der Waals surface area contributed by atoms with Crippen LogP contribution in [-0.2, 0) is 9.59 Å². The maximum Gasteiger partial charge on any atom is 0.234 e. The lowest BCUT2D eigenvalue weighted by molar-refractivity contribution is -0.145. The van der Waals surface area contributed by atoms with Gasteiger partial charge in [0, 0.05) is 0 Å². The van der Waals surface area contributed by atoms with E-state index < -0.39 is 5.54 Å². The Morgan fingerprint density at radius 1 is 1.11 bits per heavy atom. The number of imide groups is 1. The molecule has 0 spiro atoms. The Labute approximate surface area is 106 Å². The van der Waals surface area contributed by atoms with Gasteiger partial charge in [-0.2, -0.15) is 5.26 Å². The molecule has 0 aromatic carbocycles. The highest BCUT2D eigenvalue weighted by Gasteiger charge is 2.56. The van der Waals surface area contributed by atoms with E-state index in [2.05, 4.69) is 6.07 Å². The van der Waals surface area contributed by atoms with Crippen LogP contribution in [0.4, 0.5) is 0 Å². The Kier molecular flexibility index (Phi) is 2.51. The van der Waals surface area contributed by atoms with Crippen LogP contribution >= 0.6 is 0 Å². The van der Waals surface area contributed by atoms with Crippen LogP contribution in [0.25, 0.3) is 0 Å². The molecule has 2 fully saturated rings. The summed E-state index contributed by atoms with van der Waals surface area (Å²) in [5.74, 6) is -0.655. The number of nitriles is 1. The predicted molar refractivity (Wildman–Crippen MR) is 64.0 cm³/mol. The summed E-state index contributed by atoms with van der Waals surface area (Å²) >= 11 is 0. The van der Waals surface area contributed by atoms with Crippen LogP contribution in [0.15, 0.2) is 12.2 Å². The Bertz CT molecular complexity index is 443. The third kappa shape index (κ3) is 1.37. The van der Waals surface area contributed by atoms with Gasteiger partial charge in [0.1, 0.15) is 5.54 Å². The molecule has 0 N–H and O–H groups in total. The van der Waals surface area contributed by atoms with Crippen molar-refractivity contribution in [3.8, 4) is 6.07 Å². The number of hydrogen-bond acceptors (Lipinski definition) is 3. The fourth-order valence-electron chi connectivity index (χ4n) is 3.57. The van der Waals surface area contributed by atoms with Gasteiger partial charge >= 0.3 is 0 Å². The number of fused-ring (bicyclic) bond motifs is 1. The topological polar surface area (TPSA) is 61.2 Å². The van der Waals surface area contributed by atoms with E-state index in [-0.39, 0.29) is 23.7 Å². The van der Waals surface area contributed by atoms with Gasteiger partial charge < -0.3 is 0 Å². The minimum Gasteiger partial charge on any atom is -0.274 e. The van der Waals surface area contributed by atoms with Crippen molar-refractivity contribution in [1.29, 1.82) is 5.26 Å². The van der Waals surface area contributed by atoms with Gasteiger partial charge in [-0.3, -0.25) is 14.5 Å². The fourth-order valence-corrected chi connectivity index (χ4v) is 3.57. The number of carbonyl (C=O) groups excluding carboxylic acids is 2. The Balaban J connectivity index is 1.97. The van der Waals surface area contributed by atoms with Crippen molar-refractivity contribution < 1.29 is 9.59 Å². The molecule has 2 aliphatic carbocycles. The molecule has 18 heavy (non-hydrogen) atoms. The molecule has 2 amide bonds. The third-order valence-corrected chi connectivity index (χ3v) is 4.57. The second-order valence-corrected chi connectivity index (χ2v) is 5.52. The molecule has 0 unspecified atom stereocenters. The van der Waals surface area contributed by atoms with E-state index in [1.54, 1.807) is 0 Å². The Hall–Kier alpha value is -1.63. The average Bonchev–Trinajstić information content (AvgIpc) is 2.96. The summed E-state index contributed by atoms with van der Waals surface area (Å²) < 4.78 is 0. The number of rotatable bonds is 1. The molecule has 4 heteroatoms. The number of allylic oxidation sites excluding steroid dienone is 2. The molecular formula is C14H16N2O2. The molecule has 1 heterocycles. The highest BCUT2D eigenvalue weighted by Crippen LogP contribution is 2.43. The summed E-state index contributed by atoms with van der Waals surface area (Å²) in [6, 6.07) is 2.25. The zero-order valence-electron chi connectivity index (χ0n) is 10.3. The van der Waals surface area contributed by atoms with E-state index in [1.807, 2.05) is 12.2 Å². The number of carbonyl (C=O) groups is 2. The highest BCUT2D eigenvalue weighted by atomic mass is 16.2. The number of nitrogens with zero attached hydrogens (tertiary/aromatic N) is 2. The van der Waals surface area contributed by atoms with Crippen LogP contribution in [0, 0.1) is 23.2 Å². The van der Waals surface area contributed by atoms with Gasteiger partial charge in [-0.05, 0) is 38.5 Å². The standard InChI is InChI=1S/C14H16N2O2/c15-9-14(7-3-4-8-14)16-12(17)10-5-1-2-6-11(10)13(16)18/h1-2,10-11H,3-8H2/t10-,11+. The summed E-state index contributed by atoms with van der Waals surface area (Å²) in [6.07, 6.45) is 8.39. The highest BCUT2D eigenvalue weighted by molar-refractivity contribution is 6.06. The Morgan fingerprint density at radius 3 is 2.06 bits per heavy atom. The van der Waals surface area contributed by atoms with E-state index in [0.717, 1.165) is 12.8 Å². The van der Waals surface area contributed by atoms with Crippen LogP contribution < -0.4 is 0 Å². The van der Waals surface area contributed by atoms with Crippen LogP contribution in [0.3, 0.4) is 0 Å². The molecule has 0 radical (unpaired) electrons. The Morgan fingerprint density at radius 2 is 1.61 bits per heavy atom. The van der Waals surface area contributed by atoms with Crippen molar-refractivity contribution in [3.05, 3.63) is 12.2 Å². The quantitative estimate of drug-likeness (QED) is 0.521. The SMILES string of the molecule is N#CC1(N2C(=O)[C@H]3CC=CC[C@H]3C2=O)CCCC1. The van der Waals surface area contributed by atoms with Crippen molar-refractivity contribution in [2.45, 2.75) is 44.1 Å². The van der Waals surface area contributed by atoms with Crippen LogP contribution in [0.1, 0.15) is 38.5 Å². The van der Waals surface area contributed by atoms with Crippen LogP contribution in [0.5, 0.6) is 0 Å². The first-order valence-corrected chi connectivity index (χ1v) is 6.64. The lowest BCUT2D eigenvalue weighted by Gasteiger charge is -2.30. The number of hydrogen-bond donors (Lipinski definition) is 0. The molecule has 1 saturated carbocycles. The van der Waals surface area contributed by atoms with Gasteiger partial charge in [0.15, 0.2) is 0 Å². The van der Waals surface area contributed by atoms with E-state index >= 15 is 0 Å². The first kappa shape index (κ1) is 11.5. The fraction of sp³-hybridized carbons (Fsp3) is 0.643. The van der Waals surface area contributed by atoms with Gasteiger partial charge in [-0.1, -0.05) is 12.2 Å². The molecule has 0 bridgehead atoms. The van der Waals surface area contributed by atoms with Crippen molar-refractivity contribution in [2.24, 2.45) is 11.8 Å². The second kappa shape index (κ2) is 3.94. The summed E-state index contributed by atoms with van der Waals surface area (Å²) in [5.41, 5.74) is -0.842. The monoisotopic (exact) mass is 244 g/mol. The van der Waals surface area contributed by atoms with E-state index in [0.29, 0.717) is 25.7 Å². The smallest absolute Gasteiger partial charge is 0.234 e. The molecule has 3 rings (SSSR count). The van der Waals surface area contributed by atoms with Gasteiger partial charge in [-0.25, -0.2) is 0 Å². The van der Waals surface area contributed by atoms with Crippen molar-refractivity contribution in [1.82, 2.24) is 4.90 Å². The second-order valence-electron chi connectivity index (χ2n) is 5.52. The normalized spacial score (nSPS) is 33.6. The van der Waals surface area contributed by atoms with Gasteiger partial charge in [0.05, 0.1) is 17.9 Å². The van der Waals surface area contributed by atoms with Crippen LogP contribution in [0.2, 0.25) is 0 Å². The maximum atomic E-state index is 12.4.